The number of benzene rings is 1. The van der Waals surface area contributed by atoms with Gasteiger partial charge in [-0.25, -0.2) is 28.7 Å². The molecule has 4 N–H and O–H groups in total. The molecule has 6 rings (SSSR count). The number of rotatable bonds is 4. The second-order valence-electron chi connectivity index (χ2n) is 10.1. The zero-order valence-corrected chi connectivity index (χ0v) is 21.1. The number of phenolic OH excluding ortho intramolecular Hbond substituents is 1. The molecule has 1 aliphatic carbocycles. The van der Waals surface area contributed by atoms with Gasteiger partial charge in [-0.05, 0) is 49.8 Å². The summed E-state index contributed by atoms with van der Waals surface area (Å²) in [6.45, 7) is 1.68. The minimum Gasteiger partial charge on any atom is -0.506 e. The molecule has 4 heterocycles. The third-order valence-electron chi connectivity index (χ3n) is 7.64. The molecule has 1 fully saturated rings. The van der Waals surface area contributed by atoms with Crippen LogP contribution < -0.4 is 11.1 Å². The summed E-state index contributed by atoms with van der Waals surface area (Å²) in [6, 6.07) is 4.58. The van der Waals surface area contributed by atoms with Crippen molar-refractivity contribution in [3.8, 4) is 17.3 Å². The van der Waals surface area contributed by atoms with Gasteiger partial charge in [0.1, 0.15) is 28.5 Å². The van der Waals surface area contributed by atoms with Crippen molar-refractivity contribution >= 4 is 34.8 Å². The lowest BCUT2D eigenvalue weighted by Gasteiger charge is -2.28. The Hall–Kier alpha value is -3.86. The molecule has 1 aromatic carbocycles. The summed E-state index contributed by atoms with van der Waals surface area (Å²) in [7, 11) is 0. The molecule has 12 heteroatoms. The number of hydrogen-bond acceptors (Lipinski definition) is 7. The van der Waals surface area contributed by atoms with Gasteiger partial charge in [0.2, 0.25) is 11.8 Å². The number of nitrogen functional groups attached to an aromatic ring is 1. The number of phenols is 1. The fraction of sp³-hybridized carbons (Fsp3) is 0.346. The molecule has 0 spiro atoms. The molecule has 196 valence electrons. The quantitative estimate of drug-likeness (QED) is 0.341. The topological polar surface area (TPSA) is 131 Å². The highest BCUT2D eigenvalue weighted by Crippen LogP contribution is 2.46. The van der Waals surface area contributed by atoms with Gasteiger partial charge in [-0.15, -0.1) is 0 Å². The van der Waals surface area contributed by atoms with Crippen LogP contribution in [0.2, 0.25) is 5.02 Å². The highest BCUT2D eigenvalue weighted by molar-refractivity contribution is 6.32. The average molecular weight is 540 g/mol. The fourth-order valence-corrected chi connectivity index (χ4v) is 5.56. The van der Waals surface area contributed by atoms with E-state index in [4.69, 9.17) is 22.3 Å². The molecule has 1 unspecified atom stereocenters. The molecular weight excluding hydrogens is 516 g/mol. The van der Waals surface area contributed by atoms with Gasteiger partial charge in [-0.3, -0.25) is 4.79 Å². The van der Waals surface area contributed by atoms with E-state index in [9.17, 15) is 18.7 Å². The first kappa shape index (κ1) is 24.5. The summed E-state index contributed by atoms with van der Waals surface area (Å²) in [5, 5.41) is 13.1. The van der Waals surface area contributed by atoms with E-state index in [0.29, 0.717) is 47.4 Å². The molecular formula is C26H24ClF2N7O2. The summed E-state index contributed by atoms with van der Waals surface area (Å²) in [5.74, 6) is -2.53. The second kappa shape index (κ2) is 8.59. The van der Waals surface area contributed by atoms with Crippen LogP contribution in [0.3, 0.4) is 0 Å². The number of carbonyl (C=O) groups excluding carboxylic acids is 1. The summed E-state index contributed by atoms with van der Waals surface area (Å²) in [4.78, 5) is 31.4. The van der Waals surface area contributed by atoms with Crippen LogP contribution in [-0.4, -0.2) is 41.3 Å². The van der Waals surface area contributed by atoms with E-state index in [2.05, 4.69) is 20.3 Å². The van der Waals surface area contributed by atoms with Crippen LogP contribution in [0.25, 0.3) is 17.2 Å². The molecule has 2 aliphatic rings. The molecule has 1 atom stereocenters. The molecule has 9 nitrogen and oxygen atoms in total. The number of nitrogens with two attached hydrogens (primary N) is 1. The van der Waals surface area contributed by atoms with E-state index in [-0.39, 0.29) is 52.9 Å². The second-order valence-corrected chi connectivity index (χ2v) is 10.5. The van der Waals surface area contributed by atoms with E-state index >= 15 is 0 Å². The lowest BCUT2D eigenvalue weighted by Crippen LogP contribution is -2.32. The van der Waals surface area contributed by atoms with Gasteiger partial charge in [0.05, 0.1) is 16.3 Å². The van der Waals surface area contributed by atoms with Gasteiger partial charge in [0.25, 0.3) is 0 Å². The number of carbonyl (C=O) groups is 1. The van der Waals surface area contributed by atoms with Crippen LogP contribution in [0.15, 0.2) is 36.8 Å². The van der Waals surface area contributed by atoms with Crippen molar-refractivity contribution in [2.45, 2.75) is 50.4 Å². The van der Waals surface area contributed by atoms with Crippen molar-refractivity contribution in [2.75, 3.05) is 11.1 Å². The first-order valence-corrected chi connectivity index (χ1v) is 12.6. The Labute approximate surface area is 221 Å². The maximum absolute atomic E-state index is 13.7. The number of nitrogens with one attached hydrogen (secondary N) is 1. The number of hydrogen-bond donors (Lipinski definition) is 3. The first-order chi connectivity index (χ1) is 18.0. The van der Waals surface area contributed by atoms with E-state index in [1.165, 1.54) is 12.1 Å². The van der Waals surface area contributed by atoms with Crippen molar-refractivity contribution in [1.29, 1.82) is 0 Å². The van der Waals surface area contributed by atoms with E-state index in [1.54, 1.807) is 36.0 Å². The summed E-state index contributed by atoms with van der Waals surface area (Å²) < 4.78 is 29.1. The summed E-state index contributed by atoms with van der Waals surface area (Å²) in [5.41, 5.74) is 7.74. The molecule has 1 amide bonds. The molecule has 1 aliphatic heterocycles. The normalized spacial score (nSPS) is 21.0. The lowest BCUT2D eigenvalue weighted by atomic mass is 9.77. The van der Waals surface area contributed by atoms with Crippen molar-refractivity contribution < 1.29 is 18.7 Å². The highest BCUT2D eigenvalue weighted by Gasteiger charge is 2.48. The van der Waals surface area contributed by atoms with Crippen LogP contribution >= 0.6 is 11.6 Å². The maximum Gasteiger partial charge on any atom is 0.248 e. The SMILES string of the molecule is CC1(c2ccc(Cl)c(O)c2)C(=O)Nc2nc(-c3cn4ccnc4c(CC4CCC(F)(F)CC4)n3)nc(N)c21. The lowest BCUT2D eigenvalue weighted by molar-refractivity contribution is -0.119. The standard InChI is InChI=1S/C26H24ClF2N7O2/c1-25(14-2-3-15(27)18(37)11-14)19-20(30)33-21(34-22(19)35-24(25)38)17-12-36-9-8-31-23(36)16(32-17)10-13-4-6-26(28,29)7-5-13/h2-3,8-9,11-13,37H,4-7,10H2,1H3,(H3,30,33,34,35,38). The third kappa shape index (κ3) is 3.92. The van der Waals surface area contributed by atoms with Gasteiger partial charge in [0.15, 0.2) is 11.5 Å². The predicted molar refractivity (Wildman–Crippen MR) is 137 cm³/mol. The minimum absolute atomic E-state index is 0.0691. The minimum atomic E-state index is -2.60. The number of aromatic hydroxyl groups is 1. The number of fused-ring (bicyclic) bond motifs is 2. The number of nitrogens with zero attached hydrogens (tertiary/aromatic N) is 5. The van der Waals surface area contributed by atoms with Crippen molar-refractivity contribution in [1.82, 2.24) is 24.3 Å². The van der Waals surface area contributed by atoms with E-state index in [1.807, 2.05) is 0 Å². The number of anilines is 2. The monoisotopic (exact) mass is 539 g/mol. The number of amides is 1. The third-order valence-corrected chi connectivity index (χ3v) is 7.96. The molecule has 0 radical (unpaired) electrons. The molecule has 38 heavy (non-hydrogen) atoms. The Kier molecular flexibility index (Phi) is 5.53. The Morgan fingerprint density at radius 3 is 2.74 bits per heavy atom. The average Bonchev–Trinajstić information content (AvgIpc) is 3.45. The smallest absolute Gasteiger partial charge is 0.248 e. The largest absolute Gasteiger partial charge is 0.506 e. The molecule has 1 saturated carbocycles. The highest BCUT2D eigenvalue weighted by atomic mass is 35.5. The molecule has 4 aromatic rings. The zero-order valence-electron chi connectivity index (χ0n) is 20.4. The van der Waals surface area contributed by atoms with Gasteiger partial charge in [0, 0.05) is 31.4 Å². The van der Waals surface area contributed by atoms with Gasteiger partial charge in [-0.2, -0.15) is 0 Å². The van der Waals surface area contributed by atoms with Gasteiger partial charge in [-0.1, -0.05) is 17.7 Å². The molecule has 3 aromatic heterocycles. The van der Waals surface area contributed by atoms with Crippen LogP contribution in [-0.2, 0) is 16.6 Å². The Morgan fingerprint density at radius 2 is 2.00 bits per heavy atom. The van der Waals surface area contributed by atoms with Crippen LogP contribution in [0.4, 0.5) is 20.4 Å². The predicted octanol–water partition coefficient (Wildman–Crippen LogP) is 4.75. The van der Waals surface area contributed by atoms with Crippen LogP contribution in [0.5, 0.6) is 5.75 Å². The maximum atomic E-state index is 13.7. The zero-order chi connectivity index (χ0) is 26.8. The Balaban J connectivity index is 1.39. The van der Waals surface area contributed by atoms with Crippen LogP contribution in [0, 0.1) is 5.92 Å². The summed E-state index contributed by atoms with van der Waals surface area (Å²) in [6.07, 6.45) is 6.20. The number of alkyl halides is 2. The first-order valence-electron chi connectivity index (χ1n) is 12.2. The molecule has 0 saturated heterocycles. The van der Waals surface area contributed by atoms with Crippen LogP contribution in [0.1, 0.15) is 49.4 Å². The van der Waals surface area contributed by atoms with Gasteiger partial charge < -0.3 is 20.6 Å². The van der Waals surface area contributed by atoms with Crippen molar-refractivity contribution in [3.63, 3.8) is 0 Å². The Morgan fingerprint density at radius 1 is 1.24 bits per heavy atom. The molecule has 0 bridgehead atoms. The number of aromatic nitrogens is 5. The number of imidazole rings is 1. The van der Waals surface area contributed by atoms with E-state index < -0.39 is 11.3 Å². The number of halogens is 3. The summed E-state index contributed by atoms with van der Waals surface area (Å²) >= 11 is 5.96. The van der Waals surface area contributed by atoms with Crippen molar-refractivity contribution in [2.24, 2.45) is 5.92 Å². The van der Waals surface area contributed by atoms with Gasteiger partial charge >= 0.3 is 0 Å². The Bertz CT molecular complexity index is 1600. The van der Waals surface area contributed by atoms with Crippen molar-refractivity contribution in [3.05, 3.63) is 58.6 Å². The fourth-order valence-electron chi connectivity index (χ4n) is 5.44. The van der Waals surface area contributed by atoms with E-state index in [0.717, 1.165) is 0 Å².